The molecule has 1 aromatic carbocycles. The van der Waals surface area contributed by atoms with Gasteiger partial charge in [0.2, 0.25) is 0 Å². The van der Waals surface area contributed by atoms with Gasteiger partial charge in [-0.1, -0.05) is 12.1 Å². The first-order valence-corrected chi connectivity index (χ1v) is 4.50. The Kier molecular flexibility index (Phi) is 3.83. The summed E-state index contributed by atoms with van der Waals surface area (Å²) in [7, 11) is 1.32. The highest BCUT2D eigenvalue weighted by molar-refractivity contribution is 5.70. The van der Waals surface area contributed by atoms with E-state index in [1.165, 1.54) is 7.11 Å². The summed E-state index contributed by atoms with van der Waals surface area (Å²) in [5, 5.41) is 8.69. The summed E-state index contributed by atoms with van der Waals surface area (Å²) in [6.45, 7) is 0. The van der Waals surface area contributed by atoms with Crippen LogP contribution >= 0.6 is 0 Å². The highest BCUT2D eigenvalue weighted by Gasteiger charge is 2.11. The van der Waals surface area contributed by atoms with Crippen molar-refractivity contribution in [2.24, 2.45) is 5.73 Å². The number of carbonyl (C=O) groups is 1. The Hall–Kier alpha value is -1.86. The van der Waals surface area contributed by atoms with Crippen LogP contribution in [0.4, 0.5) is 0 Å². The predicted molar refractivity (Wildman–Crippen MR) is 54.7 cm³/mol. The molecule has 0 bridgehead atoms. The number of ether oxygens (including phenoxy) is 1. The maximum atomic E-state index is 11.0. The number of esters is 1. The molecule has 4 heteroatoms. The van der Waals surface area contributed by atoms with E-state index in [1.54, 1.807) is 24.3 Å². The van der Waals surface area contributed by atoms with Crippen LogP contribution in [0.2, 0.25) is 0 Å². The lowest BCUT2D eigenvalue weighted by Crippen LogP contribution is -2.16. The molecule has 0 aliphatic carbocycles. The van der Waals surface area contributed by atoms with Crippen molar-refractivity contribution >= 4 is 5.97 Å². The van der Waals surface area contributed by atoms with Gasteiger partial charge < -0.3 is 10.5 Å². The maximum absolute atomic E-state index is 11.0. The maximum Gasteiger partial charge on any atom is 0.307 e. The van der Waals surface area contributed by atoms with Gasteiger partial charge >= 0.3 is 5.97 Å². The highest BCUT2D eigenvalue weighted by atomic mass is 16.5. The Morgan fingerprint density at radius 2 is 2.40 bits per heavy atom. The minimum Gasteiger partial charge on any atom is -0.469 e. The molecule has 1 atom stereocenters. The summed E-state index contributed by atoms with van der Waals surface area (Å²) < 4.78 is 4.51. The van der Waals surface area contributed by atoms with Crippen LogP contribution in [-0.2, 0) is 9.53 Å². The first-order chi connectivity index (χ1) is 7.17. The molecule has 15 heavy (non-hydrogen) atoms. The third kappa shape index (κ3) is 3.08. The van der Waals surface area contributed by atoms with Crippen molar-refractivity contribution < 1.29 is 9.53 Å². The van der Waals surface area contributed by atoms with Crippen molar-refractivity contribution in [2.45, 2.75) is 12.5 Å². The van der Waals surface area contributed by atoms with Gasteiger partial charge in [0.25, 0.3) is 0 Å². The summed E-state index contributed by atoms with van der Waals surface area (Å²) in [6.07, 6.45) is 0.116. The zero-order valence-corrected chi connectivity index (χ0v) is 8.43. The number of nitrogens with zero attached hydrogens (tertiary/aromatic N) is 1. The molecule has 0 radical (unpaired) electrons. The van der Waals surface area contributed by atoms with Gasteiger partial charge in [0.1, 0.15) is 0 Å². The standard InChI is InChI=1S/C11H12N2O2/c1-15-11(14)6-10(13)9-4-2-3-8(5-9)7-12/h2-5,10H,6,13H2,1H3/t10-/m0/s1. The Morgan fingerprint density at radius 3 is 3.00 bits per heavy atom. The zero-order chi connectivity index (χ0) is 11.3. The Bertz CT molecular complexity index is 396. The average Bonchev–Trinajstić information content (AvgIpc) is 2.28. The van der Waals surface area contributed by atoms with Crippen molar-refractivity contribution in [2.75, 3.05) is 7.11 Å². The smallest absolute Gasteiger partial charge is 0.307 e. The van der Waals surface area contributed by atoms with E-state index < -0.39 is 6.04 Å². The lowest BCUT2D eigenvalue weighted by atomic mass is 10.0. The van der Waals surface area contributed by atoms with E-state index in [9.17, 15) is 4.79 Å². The third-order valence-corrected chi connectivity index (χ3v) is 2.06. The third-order valence-electron chi connectivity index (χ3n) is 2.06. The number of carbonyl (C=O) groups excluding carboxylic acids is 1. The molecule has 0 saturated carbocycles. The van der Waals surface area contributed by atoms with Crippen LogP contribution in [0.25, 0.3) is 0 Å². The van der Waals surface area contributed by atoms with Gasteiger partial charge in [0.15, 0.2) is 0 Å². The molecule has 0 unspecified atom stereocenters. The molecule has 0 saturated heterocycles. The molecule has 0 aromatic heterocycles. The van der Waals surface area contributed by atoms with Crippen LogP contribution in [0.3, 0.4) is 0 Å². The molecule has 78 valence electrons. The second-order valence-electron chi connectivity index (χ2n) is 3.12. The van der Waals surface area contributed by atoms with Crippen LogP contribution in [0.1, 0.15) is 23.6 Å². The zero-order valence-electron chi connectivity index (χ0n) is 8.43. The van der Waals surface area contributed by atoms with Crippen molar-refractivity contribution in [3.05, 3.63) is 35.4 Å². The van der Waals surface area contributed by atoms with E-state index in [-0.39, 0.29) is 12.4 Å². The summed E-state index contributed by atoms with van der Waals surface area (Å²) >= 11 is 0. The lowest BCUT2D eigenvalue weighted by Gasteiger charge is -2.10. The first kappa shape index (κ1) is 11.2. The lowest BCUT2D eigenvalue weighted by molar-refractivity contribution is -0.141. The van der Waals surface area contributed by atoms with Crippen LogP contribution in [0, 0.1) is 11.3 Å². The molecule has 4 nitrogen and oxygen atoms in total. The molecule has 0 amide bonds. The summed E-state index contributed by atoms with van der Waals surface area (Å²) in [5.74, 6) is -0.357. The average molecular weight is 204 g/mol. The molecule has 1 aromatic rings. The van der Waals surface area contributed by atoms with Crippen molar-refractivity contribution in [1.29, 1.82) is 5.26 Å². The van der Waals surface area contributed by atoms with Crippen molar-refractivity contribution in [3.63, 3.8) is 0 Å². The second-order valence-corrected chi connectivity index (χ2v) is 3.12. The number of nitrogens with two attached hydrogens (primary N) is 1. The molecule has 0 aliphatic rings. The van der Waals surface area contributed by atoms with E-state index in [4.69, 9.17) is 11.0 Å². The minimum absolute atomic E-state index is 0.116. The van der Waals surface area contributed by atoms with E-state index in [1.807, 2.05) is 6.07 Å². The number of hydrogen-bond donors (Lipinski definition) is 1. The topological polar surface area (TPSA) is 76.1 Å². The van der Waals surface area contributed by atoms with Crippen molar-refractivity contribution in [3.8, 4) is 6.07 Å². The van der Waals surface area contributed by atoms with Crippen LogP contribution in [0.15, 0.2) is 24.3 Å². The van der Waals surface area contributed by atoms with E-state index >= 15 is 0 Å². The highest BCUT2D eigenvalue weighted by Crippen LogP contribution is 2.15. The SMILES string of the molecule is COC(=O)C[C@H](N)c1cccc(C#N)c1. The Balaban J connectivity index is 2.78. The molecular formula is C11H12N2O2. The number of hydrogen-bond acceptors (Lipinski definition) is 4. The van der Waals surface area contributed by atoms with Gasteiger partial charge in [0, 0.05) is 6.04 Å². The first-order valence-electron chi connectivity index (χ1n) is 4.50. The number of methoxy groups -OCH3 is 1. The fourth-order valence-electron chi connectivity index (χ4n) is 1.22. The molecule has 2 N–H and O–H groups in total. The number of rotatable bonds is 3. The van der Waals surface area contributed by atoms with Gasteiger partial charge in [-0.15, -0.1) is 0 Å². The number of benzene rings is 1. The Morgan fingerprint density at radius 1 is 1.67 bits per heavy atom. The fraction of sp³-hybridized carbons (Fsp3) is 0.273. The van der Waals surface area contributed by atoms with Gasteiger partial charge in [-0.25, -0.2) is 0 Å². The molecule has 0 spiro atoms. The summed E-state index contributed by atoms with van der Waals surface area (Å²) in [5.41, 5.74) is 7.08. The Labute approximate surface area is 88.3 Å². The van der Waals surface area contributed by atoms with Crippen LogP contribution < -0.4 is 5.73 Å². The summed E-state index contributed by atoms with van der Waals surface area (Å²) in [4.78, 5) is 11.0. The minimum atomic E-state index is -0.425. The summed E-state index contributed by atoms with van der Waals surface area (Å²) in [6, 6.07) is 8.48. The largest absolute Gasteiger partial charge is 0.469 e. The monoisotopic (exact) mass is 204 g/mol. The number of nitriles is 1. The predicted octanol–water partition coefficient (Wildman–Crippen LogP) is 1.12. The van der Waals surface area contributed by atoms with Crippen LogP contribution in [-0.4, -0.2) is 13.1 Å². The second kappa shape index (κ2) is 5.13. The van der Waals surface area contributed by atoms with E-state index in [0.29, 0.717) is 5.56 Å². The van der Waals surface area contributed by atoms with E-state index in [0.717, 1.165) is 5.56 Å². The van der Waals surface area contributed by atoms with Crippen LogP contribution in [0.5, 0.6) is 0 Å². The van der Waals surface area contributed by atoms with Crippen molar-refractivity contribution in [1.82, 2.24) is 0 Å². The molecular weight excluding hydrogens is 192 g/mol. The molecule has 1 rings (SSSR count). The normalized spacial score (nSPS) is 11.5. The van der Waals surface area contributed by atoms with E-state index in [2.05, 4.69) is 4.74 Å². The molecule has 0 heterocycles. The van der Waals surface area contributed by atoms with Gasteiger partial charge in [-0.05, 0) is 17.7 Å². The van der Waals surface area contributed by atoms with Gasteiger partial charge in [-0.2, -0.15) is 5.26 Å². The van der Waals surface area contributed by atoms with Gasteiger partial charge in [-0.3, -0.25) is 4.79 Å². The fourth-order valence-corrected chi connectivity index (χ4v) is 1.22. The molecule has 0 aliphatic heterocycles. The quantitative estimate of drug-likeness (QED) is 0.748. The van der Waals surface area contributed by atoms with Gasteiger partial charge in [0.05, 0.1) is 25.2 Å². The molecule has 0 fully saturated rings.